The molecule has 0 spiro atoms. The first-order valence-corrected chi connectivity index (χ1v) is 9.42. The number of pyridine rings is 1. The Hall–Kier alpha value is -2.12. The van der Waals surface area contributed by atoms with Gasteiger partial charge in [-0.05, 0) is 61.1 Å². The van der Waals surface area contributed by atoms with E-state index in [0.29, 0.717) is 23.0 Å². The van der Waals surface area contributed by atoms with Gasteiger partial charge in [-0.15, -0.1) is 6.58 Å². The Kier molecular flexibility index (Phi) is 4.83. The number of alkyl halides is 3. The summed E-state index contributed by atoms with van der Waals surface area (Å²) in [5, 5.41) is 11.7. The van der Waals surface area contributed by atoms with E-state index in [9.17, 15) is 18.3 Å². The van der Waals surface area contributed by atoms with E-state index in [2.05, 4.69) is 16.5 Å². The first kappa shape index (κ1) is 19.2. The maximum absolute atomic E-state index is 13.4. The highest BCUT2D eigenvalue weighted by Crippen LogP contribution is 2.43. The summed E-state index contributed by atoms with van der Waals surface area (Å²) in [5.41, 5.74) is -0.535. The van der Waals surface area contributed by atoms with Gasteiger partial charge in [-0.3, -0.25) is 4.90 Å². The summed E-state index contributed by atoms with van der Waals surface area (Å²) < 4.78 is 45.4. The molecular formula is C21H23F3N2O2. The van der Waals surface area contributed by atoms with Gasteiger partial charge >= 0.3 is 6.18 Å². The number of nitrogens with zero attached hydrogens (tertiary/aromatic N) is 2. The molecule has 7 heteroatoms. The lowest BCUT2D eigenvalue weighted by atomic mass is 9.73. The molecule has 5 atom stereocenters. The maximum Gasteiger partial charge on any atom is 0.433 e. The highest BCUT2D eigenvalue weighted by Gasteiger charge is 2.43. The molecule has 1 aromatic carbocycles. The molecule has 150 valence electrons. The van der Waals surface area contributed by atoms with Gasteiger partial charge in [-0.2, -0.15) is 13.2 Å². The summed E-state index contributed by atoms with van der Waals surface area (Å²) in [6.45, 7) is 5.52. The zero-order valence-electron chi connectivity index (χ0n) is 15.6. The molecule has 0 aliphatic carbocycles. The number of rotatable bonds is 4. The molecule has 3 fully saturated rings. The lowest BCUT2D eigenvalue weighted by molar-refractivity contribution is -0.141. The number of halogens is 3. The van der Waals surface area contributed by atoms with Crippen LogP contribution in [-0.4, -0.2) is 41.2 Å². The number of methoxy groups -OCH3 is 1. The van der Waals surface area contributed by atoms with E-state index in [1.54, 1.807) is 12.1 Å². The van der Waals surface area contributed by atoms with Gasteiger partial charge in [-0.1, -0.05) is 6.08 Å². The second kappa shape index (κ2) is 7.04. The van der Waals surface area contributed by atoms with Gasteiger partial charge in [0.05, 0.1) is 18.7 Å². The topological polar surface area (TPSA) is 45.6 Å². The Morgan fingerprint density at radius 3 is 2.75 bits per heavy atom. The van der Waals surface area contributed by atoms with Crippen LogP contribution in [0.5, 0.6) is 5.75 Å². The van der Waals surface area contributed by atoms with Crippen molar-refractivity contribution in [2.24, 2.45) is 11.8 Å². The van der Waals surface area contributed by atoms with Crippen molar-refractivity contribution in [3.63, 3.8) is 0 Å². The smallest absolute Gasteiger partial charge is 0.433 e. The molecule has 4 unspecified atom stereocenters. The Bertz CT molecular complexity index is 899. The molecule has 4 heterocycles. The van der Waals surface area contributed by atoms with Crippen LogP contribution in [0, 0.1) is 11.8 Å². The number of aliphatic hydroxyl groups excluding tert-OH is 1. The molecule has 0 radical (unpaired) electrons. The van der Waals surface area contributed by atoms with E-state index in [1.165, 1.54) is 13.2 Å². The predicted molar refractivity (Wildman–Crippen MR) is 100 cm³/mol. The fraction of sp³-hybridized carbons (Fsp3) is 0.476. The minimum Gasteiger partial charge on any atom is -0.497 e. The van der Waals surface area contributed by atoms with E-state index in [-0.39, 0.29) is 17.1 Å². The van der Waals surface area contributed by atoms with E-state index in [4.69, 9.17) is 4.74 Å². The van der Waals surface area contributed by atoms with Crippen molar-refractivity contribution in [1.82, 2.24) is 9.88 Å². The van der Waals surface area contributed by atoms with Crippen LogP contribution in [0.4, 0.5) is 13.2 Å². The van der Waals surface area contributed by atoms with Gasteiger partial charge in [0.15, 0.2) is 0 Å². The highest BCUT2D eigenvalue weighted by atomic mass is 19.4. The zero-order chi connectivity index (χ0) is 20.1. The summed E-state index contributed by atoms with van der Waals surface area (Å²) in [6, 6.07) is 5.49. The van der Waals surface area contributed by atoms with Crippen LogP contribution in [0.2, 0.25) is 0 Å². The van der Waals surface area contributed by atoms with Crippen LogP contribution in [0.25, 0.3) is 10.9 Å². The molecule has 0 amide bonds. The third-order valence-corrected chi connectivity index (χ3v) is 6.18. The fourth-order valence-corrected chi connectivity index (χ4v) is 4.66. The van der Waals surface area contributed by atoms with Gasteiger partial charge in [-0.25, -0.2) is 4.98 Å². The van der Waals surface area contributed by atoms with Crippen molar-refractivity contribution < 1.29 is 23.0 Å². The number of hydrogen-bond donors (Lipinski definition) is 1. The number of aliphatic hydroxyl groups is 1. The second-order valence-corrected chi connectivity index (χ2v) is 7.67. The van der Waals surface area contributed by atoms with Crippen LogP contribution in [0.15, 0.2) is 36.9 Å². The first-order valence-electron chi connectivity index (χ1n) is 9.42. The van der Waals surface area contributed by atoms with Crippen LogP contribution in [0.1, 0.15) is 30.2 Å². The van der Waals surface area contributed by atoms with Gasteiger partial charge in [0.25, 0.3) is 0 Å². The molecule has 28 heavy (non-hydrogen) atoms. The first-order chi connectivity index (χ1) is 13.3. The summed E-state index contributed by atoms with van der Waals surface area (Å²) >= 11 is 0. The fourth-order valence-electron chi connectivity index (χ4n) is 4.66. The van der Waals surface area contributed by atoms with E-state index < -0.39 is 18.0 Å². The molecular weight excluding hydrogens is 369 g/mol. The van der Waals surface area contributed by atoms with E-state index in [1.807, 2.05) is 6.08 Å². The van der Waals surface area contributed by atoms with Gasteiger partial charge in [0.2, 0.25) is 0 Å². The molecule has 0 saturated carbocycles. The van der Waals surface area contributed by atoms with Crippen LogP contribution in [-0.2, 0) is 6.18 Å². The molecule has 4 nitrogen and oxygen atoms in total. The van der Waals surface area contributed by atoms with Crippen molar-refractivity contribution >= 4 is 10.9 Å². The summed E-state index contributed by atoms with van der Waals surface area (Å²) in [6.07, 6.45) is -1.89. The normalized spacial score (nSPS) is 28.3. The number of piperidine rings is 3. The minimum atomic E-state index is -4.58. The molecule has 2 bridgehead atoms. The van der Waals surface area contributed by atoms with Crippen molar-refractivity contribution in [3.05, 3.63) is 48.2 Å². The molecule has 1 N–H and O–H groups in total. The van der Waals surface area contributed by atoms with Crippen molar-refractivity contribution in [1.29, 1.82) is 0 Å². The quantitative estimate of drug-likeness (QED) is 0.793. The SMILES string of the molecule is C=CC1CN2CCC1CC2[C@H](O)c1cc(C(F)(F)F)nc2ccc(OC)cc12. The Morgan fingerprint density at radius 2 is 2.14 bits per heavy atom. The lowest BCUT2D eigenvalue weighted by Gasteiger charge is -2.50. The minimum absolute atomic E-state index is 0.199. The number of fused-ring (bicyclic) bond motifs is 4. The average molecular weight is 392 g/mol. The largest absolute Gasteiger partial charge is 0.497 e. The molecule has 1 aromatic heterocycles. The van der Waals surface area contributed by atoms with Crippen molar-refractivity contribution in [3.8, 4) is 5.75 Å². The third-order valence-electron chi connectivity index (χ3n) is 6.18. The number of hydrogen-bond acceptors (Lipinski definition) is 4. The average Bonchev–Trinajstić information content (AvgIpc) is 2.71. The molecule has 3 aliphatic heterocycles. The van der Waals surface area contributed by atoms with Crippen molar-refractivity contribution in [2.75, 3.05) is 20.2 Å². The van der Waals surface area contributed by atoms with Crippen LogP contribution in [0.3, 0.4) is 0 Å². The van der Waals surface area contributed by atoms with Gasteiger partial charge in [0.1, 0.15) is 11.4 Å². The van der Waals surface area contributed by atoms with Crippen LogP contribution >= 0.6 is 0 Å². The van der Waals surface area contributed by atoms with Crippen molar-refractivity contribution in [2.45, 2.75) is 31.2 Å². The highest BCUT2D eigenvalue weighted by molar-refractivity contribution is 5.84. The Balaban J connectivity index is 1.79. The molecule has 2 aromatic rings. The number of benzene rings is 1. The number of aromatic nitrogens is 1. The molecule has 3 aliphatic rings. The number of ether oxygens (including phenoxy) is 1. The summed E-state index contributed by atoms with van der Waals surface area (Å²) in [4.78, 5) is 5.94. The molecule has 3 saturated heterocycles. The van der Waals surface area contributed by atoms with E-state index in [0.717, 1.165) is 32.0 Å². The Morgan fingerprint density at radius 1 is 1.36 bits per heavy atom. The summed E-state index contributed by atoms with van der Waals surface area (Å²) in [5.74, 6) is 1.30. The monoisotopic (exact) mass is 392 g/mol. The van der Waals surface area contributed by atoms with E-state index >= 15 is 0 Å². The predicted octanol–water partition coefficient (Wildman–Crippen LogP) is 4.19. The third kappa shape index (κ3) is 3.26. The summed E-state index contributed by atoms with van der Waals surface area (Å²) in [7, 11) is 1.50. The van der Waals surface area contributed by atoms with Gasteiger partial charge < -0.3 is 9.84 Å². The second-order valence-electron chi connectivity index (χ2n) is 7.67. The zero-order valence-corrected chi connectivity index (χ0v) is 15.6. The molecule has 5 rings (SSSR count). The standard InChI is InChI=1S/C21H23F3N2O2/c1-3-12-11-26-7-6-13(12)8-18(26)20(27)16-10-19(21(22,23)24)25-17-5-4-14(28-2)9-15(16)17/h3-5,9-10,12-13,18,20,27H,1,6-8,11H2,2H3/t12?,13?,18?,20-/m1/s1. The van der Waals surface area contributed by atoms with Gasteiger partial charge in [0, 0.05) is 18.0 Å². The lowest BCUT2D eigenvalue weighted by Crippen LogP contribution is -2.54. The Labute approximate surface area is 161 Å². The maximum atomic E-state index is 13.4. The van der Waals surface area contributed by atoms with Crippen LogP contribution < -0.4 is 4.74 Å².